The molecule has 0 amide bonds. The van der Waals surface area contributed by atoms with Crippen molar-refractivity contribution in [2.45, 2.75) is 13.3 Å². The third kappa shape index (κ3) is 2.02. The molecule has 0 spiro atoms. The zero-order valence-corrected chi connectivity index (χ0v) is 11.3. The van der Waals surface area contributed by atoms with Gasteiger partial charge >= 0.3 is 0 Å². The molecule has 0 radical (unpaired) electrons. The second-order valence-corrected chi connectivity index (χ2v) is 5.61. The molecule has 4 heteroatoms. The fraction of sp³-hybridized carbons (Fsp3) is 0.385. The third-order valence-corrected chi connectivity index (χ3v) is 3.72. The predicted octanol–water partition coefficient (Wildman–Crippen LogP) is 3.24. The highest BCUT2D eigenvalue weighted by molar-refractivity contribution is 9.10. The summed E-state index contributed by atoms with van der Waals surface area (Å²) in [7, 11) is 0. The lowest BCUT2D eigenvalue weighted by Gasteiger charge is -2.19. The highest BCUT2D eigenvalue weighted by Crippen LogP contribution is 2.29. The molecule has 3 nitrogen and oxygen atoms in total. The Morgan fingerprint density at radius 3 is 3.06 bits per heavy atom. The molecule has 0 N–H and O–H groups in total. The van der Waals surface area contributed by atoms with Crippen LogP contribution < -0.4 is 4.90 Å². The summed E-state index contributed by atoms with van der Waals surface area (Å²) < 4.78 is 0.976. The first-order valence-electron chi connectivity index (χ1n) is 5.89. The lowest BCUT2D eigenvalue weighted by Crippen LogP contribution is -2.19. The second-order valence-electron chi connectivity index (χ2n) is 4.69. The molecule has 1 atom stereocenters. The minimum atomic E-state index is 0.772. The number of halogens is 1. The first-order valence-corrected chi connectivity index (χ1v) is 6.68. The van der Waals surface area contributed by atoms with Crippen molar-refractivity contribution < 1.29 is 0 Å². The van der Waals surface area contributed by atoms with Crippen molar-refractivity contribution in [1.82, 2.24) is 9.97 Å². The first kappa shape index (κ1) is 11.0. The van der Waals surface area contributed by atoms with E-state index in [1.165, 1.54) is 12.1 Å². The topological polar surface area (TPSA) is 29.0 Å². The van der Waals surface area contributed by atoms with E-state index in [0.717, 1.165) is 34.5 Å². The second kappa shape index (κ2) is 4.26. The number of pyridine rings is 2. The average Bonchev–Trinajstić information content (AvgIpc) is 2.74. The number of hydrogen-bond acceptors (Lipinski definition) is 3. The van der Waals surface area contributed by atoms with Crippen molar-refractivity contribution in [3.05, 3.63) is 29.0 Å². The van der Waals surface area contributed by atoms with Crippen LogP contribution >= 0.6 is 15.9 Å². The summed E-state index contributed by atoms with van der Waals surface area (Å²) in [5.41, 5.74) is 3.17. The summed E-state index contributed by atoms with van der Waals surface area (Å²) in [6.07, 6.45) is 4.97. The number of nitrogens with zero attached hydrogens (tertiary/aromatic N) is 3. The molecule has 1 fully saturated rings. The van der Waals surface area contributed by atoms with Crippen molar-refractivity contribution in [3.8, 4) is 0 Å². The van der Waals surface area contributed by atoms with E-state index < -0.39 is 0 Å². The van der Waals surface area contributed by atoms with Crippen LogP contribution in [0.5, 0.6) is 0 Å². The predicted molar refractivity (Wildman–Crippen MR) is 73.2 cm³/mol. The Balaban J connectivity index is 2.10. The van der Waals surface area contributed by atoms with Gasteiger partial charge in [-0.1, -0.05) is 6.92 Å². The molecule has 1 saturated heterocycles. The monoisotopic (exact) mass is 291 g/mol. The van der Waals surface area contributed by atoms with Crippen LogP contribution in [-0.4, -0.2) is 23.1 Å². The molecule has 3 rings (SSSR count). The standard InChI is InChI=1S/C13H14BrN3/c1-9-3-5-17(8-9)12-2-4-15-11-6-10(14)7-16-13(11)12/h2,4,6-7,9H,3,5,8H2,1H3. The SMILES string of the molecule is CC1CCN(c2ccnc3cc(Br)cnc23)C1. The average molecular weight is 292 g/mol. The van der Waals surface area contributed by atoms with E-state index >= 15 is 0 Å². The minimum Gasteiger partial charge on any atom is -0.369 e. The molecule has 0 aromatic carbocycles. The van der Waals surface area contributed by atoms with Gasteiger partial charge in [-0.05, 0) is 40.4 Å². The molecule has 0 bridgehead atoms. The van der Waals surface area contributed by atoms with Crippen LogP contribution in [0.3, 0.4) is 0 Å². The summed E-state index contributed by atoms with van der Waals surface area (Å²) in [4.78, 5) is 11.3. The van der Waals surface area contributed by atoms with Gasteiger partial charge in [0, 0.05) is 30.0 Å². The van der Waals surface area contributed by atoms with Gasteiger partial charge in [0.2, 0.25) is 0 Å². The quantitative estimate of drug-likeness (QED) is 0.808. The highest BCUT2D eigenvalue weighted by atomic mass is 79.9. The molecular formula is C13H14BrN3. The maximum Gasteiger partial charge on any atom is 0.112 e. The molecule has 88 valence electrons. The normalized spacial score (nSPS) is 20.1. The van der Waals surface area contributed by atoms with Crippen LogP contribution in [0.15, 0.2) is 29.0 Å². The summed E-state index contributed by atoms with van der Waals surface area (Å²) in [6.45, 7) is 4.54. The number of aromatic nitrogens is 2. The molecule has 17 heavy (non-hydrogen) atoms. The zero-order chi connectivity index (χ0) is 11.8. The molecule has 3 heterocycles. The minimum absolute atomic E-state index is 0.772. The van der Waals surface area contributed by atoms with E-state index in [1.807, 2.05) is 18.5 Å². The van der Waals surface area contributed by atoms with Crippen molar-refractivity contribution >= 4 is 32.7 Å². The van der Waals surface area contributed by atoms with Crippen LogP contribution in [0, 0.1) is 5.92 Å². The molecule has 1 aliphatic heterocycles. The van der Waals surface area contributed by atoms with Crippen molar-refractivity contribution in [1.29, 1.82) is 0 Å². The van der Waals surface area contributed by atoms with Gasteiger partial charge in [0.25, 0.3) is 0 Å². The van der Waals surface area contributed by atoms with Gasteiger partial charge in [0.1, 0.15) is 5.52 Å². The Morgan fingerprint density at radius 1 is 1.41 bits per heavy atom. The number of anilines is 1. The Bertz CT molecular complexity index is 555. The lowest BCUT2D eigenvalue weighted by atomic mass is 10.2. The fourth-order valence-corrected chi connectivity index (χ4v) is 2.72. The van der Waals surface area contributed by atoms with Crippen molar-refractivity contribution in [2.24, 2.45) is 5.92 Å². The molecule has 0 aliphatic carbocycles. The van der Waals surface area contributed by atoms with E-state index in [9.17, 15) is 0 Å². The van der Waals surface area contributed by atoms with Crippen LogP contribution in [0.4, 0.5) is 5.69 Å². The maximum atomic E-state index is 4.50. The van der Waals surface area contributed by atoms with E-state index in [0.29, 0.717) is 0 Å². The van der Waals surface area contributed by atoms with Gasteiger partial charge in [0.15, 0.2) is 0 Å². The first-order chi connectivity index (χ1) is 8.24. The van der Waals surface area contributed by atoms with Gasteiger partial charge in [-0.3, -0.25) is 9.97 Å². The van der Waals surface area contributed by atoms with Gasteiger partial charge in [-0.25, -0.2) is 0 Å². The van der Waals surface area contributed by atoms with Crippen LogP contribution in [0.1, 0.15) is 13.3 Å². The summed E-state index contributed by atoms with van der Waals surface area (Å²) in [6, 6.07) is 4.09. The van der Waals surface area contributed by atoms with Crippen LogP contribution in [0.2, 0.25) is 0 Å². The van der Waals surface area contributed by atoms with Crippen molar-refractivity contribution in [2.75, 3.05) is 18.0 Å². The van der Waals surface area contributed by atoms with E-state index in [1.54, 1.807) is 0 Å². The molecule has 1 aliphatic rings. The third-order valence-electron chi connectivity index (χ3n) is 3.29. The zero-order valence-electron chi connectivity index (χ0n) is 9.73. The molecule has 2 aromatic heterocycles. The molecule has 1 unspecified atom stereocenters. The number of fused-ring (bicyclic) bond motifs is 1. The smallest absolute Gasteiger partial charge is 0.112 e. The largest absolute Gasteiger partial charge is 0.369 e. The van der Waals surface area contributed by atoms with Gasteiger partial charge < -0.3 is 4.90 Å². The van der Waals surface area contributed by atoms with Gasteiger partial charge in [0.05, 0.1) is 11.2 Å². The maximum absolute atomic E-state index is 4.50. The fourth-order valence-electron chi connectivity index (χ4n) is 2.40. The molecular weight excluding hydrogens is 278 g/mol. The van der Waals surface area contributed by atoms with E-state index in [-0.39, 0.29) is 0 Å². The van der Waals surface area contributed by atoms with E-state index in [4.69, 9.17) is 0 Å². The Kier molecular flexibility index (Phi) is 2.74. The Morgan fingerprint density at radius 2 is 2.29 bits per heavy atom. The number of rotatable bonds is 1. The summed E-state index contributed by atoms with van der Waals surface area (Å²) in [5, 5.41) is 0. The molecule has 2 aromatic rings. The number of hydrogen-bond donors (Lipinski definition) is 0. The lowest BCUT2D eigenvalue weighted by molar-refractivity contribution is 0.659. The summed E-state index contributed by atoms with van der Waals surface area (Å²) in [5.74, 6) is 0.772. The van der Waals surface area contributed by atoms with Crippen LogP contribution in [-0.2, 0) is 0 Å². The van der Waals surface area contributed by atoms with Crippen molar-refractivity contribution in [3.63, 3.8) is 0 Å². The Hall–Kier alpha value is -1.16. The molecule has 0 saturated carbocycles. The van der Waals surface area contributed by atoms with Gasteiger partial charge in [-0.2, -0.15) is 0 Å². The van der Waals surface area contributed by atoms with Crippen LogP contribution in [0.25, 0.3) is 11.0 Å². The summed E-state index contributed by atoms with van der Waals surface area (Å²) >= 11 is 3.43. The van der Waals surface area contributed by atoms with Gasteiger partial charge in [-0.15, -0.1) is 0 Å². The Labute approximate surface area is 109 Å². The van der Waals surface area contributed by atoms with E-state index in [2.05, 4.69) is 43.8 Å². The highest BCUT2D eigenvalue weighted by Gasteiger charge is 2.20.